The van der Waals surface area contributed by atoms with Gasteiger partial charge < -0.3 is 47.8 Å². The number of benzene rings is 1. The molecule has 0 heterocycles. The van der Waals surface area contributed by atoms with E-state index in [0.29, 0.717) is 24.9 Å². The van der Waals surface area contributed by atoms with Gasteiger partial charge in [-0.2, -0.15) is 0 Å². The number of rotatable bonds is 15. The van der Waals surface area contributed by atoms with Crippen LogP contribution in [-0.4, -0.2) is 87.5 Å². The Morgan fingerprint density at radius 1 is 0.943 bits per heavy atom. The molecular formula is C22H35N5O8. The SMILES string of the molecule is CC(O)C(NC(=O)C(N)CO)C(=O)NC(CCCCN)C(=O)NC(Cc1ccc(O)cc1)C(=O)O. The number of amides is 3. The van der Waals surface area contributed by atoms with E-state index in [0.717, 1.165) is 0 Å². The lowest BCUT2D eigenvalue weighted by atomic mass is 10.0. The van der Waals surface area contributed by atoms with Crippen molar-refractivity contribution in [3.05, 3.63) is 29.8 Å². The molecule has 11 N–H and O–H groups in total. The zero-order valence-corrected chi connectivity index (χ0v) is 19.5. The number of aliphatic hydroxyl groups excluding tert-OH is 2. The van der Waals surface area contributed by atoms with Crippen LogP contribution >= 0.6 is 0 Å². The summed E-state index contributed by atoms with van der Waals surface area (Å²) < 4.78 is 0. The van der Waals surface area contributed by atoms with E-state index >= 15 is 0 Å². The van der Waals surface area contributed by atoms with Crippen molar-refractivity contribution in [3.8, 4) is 5.75 Å². The van der Waals surface area contributed by atoms with Crippen LogP contribution in [0.4, 0.5) is 0 Å². The number of carboxylic acid groups (broad SMARTS) is 1. The molecule has 196 valence electrons. The number of unbranched alkanes of at least 4 members (excludes halogenated alkanes) is 1. The molecule has 0 aliphatic heterocycles. The molecule has 0 aliphatic carbocycles. The van der Waals surface area contributed by atoms with Crippen molar-refractivity contribution in [2.24, 2.45) is 11.5 Å². The Bertz CT molecular complexity index is 849. The summed E-state index contributed by atoms with van der Waals surface area (Å²) in [6.45, 7) is 0.907. The maximum atomic E-state index is 12.9. The second-order valence-electron chi connectivity index (χ2n) is 8.13. The minimum atomic E-state index is -1.47. The first-order valence-corrected chi connectivity index (χ1v) is 11.2. The zero-order valence-electron chi connectivity index (χ0n) is 19.5. The van der Waals surface area contributed by atoms with E-state index in [4.69, 9.17) is 16.6 Å². The summed E-state index contributed by atoms with van der Waals surface area (Å²) in [4.78, 5) is 49.4. The first-order valence-electron chi connectivity index (χ1n) is 11.2. The van der Waals surface area contributed by atoms with Gasteiger partial charge in [-0.1, -0.05) is 12.1 Å². The molecule has 0 spiro atoms. The van der Waals surface area contributed by atoms with E-state index in [1.54, 1.807) is 0 Å². The fourth-order valence-corrected chi connectivity index (χ4v) is 3.11. The molecule has 1 aromatic rings. The fourth-order valence-electron chi connectivity index (χ4n) is 3.11. The van der Waals surface area contributed by atoms with E-state index in [-0.39, 0.29) is 18.6 Å². The maximum Gasteiger partial charge on any atom is 0.326 e. The molecule has 1 rings (SSSR count). The Hall–Kier alpha value is -3.26. The molecule has 35 heavy (non-hydrogen) atoms. The van der Waals surface area contributed by atoms with E-state index in [2.05, 4.69) is 16.0 Å². The van der Waals surface area contributed by atoms with Gasteiger partial charge in [0, 0.05) is 6.42 Å². The largest absolute Gasteiger partial charge is 0.508 e. The van der Waals surface area contributed by atoms with Gasteiger partial charge in [0.15, 0.2) is 0 Å². The van der Waals surface area contributed by atoms with Crippen molar-refractivity contribution in [2.75, 3.05) is 13.2 Å². The average molecular weight is 498 g/mol. The molecule has 0 bridgehead atoms. The molecule has 13 heteroatoms. The van der Waals surface area contributed by atoms with Crippen molar-refractivity contribution in [1.82, 2.24) is 16.0 Å². The summed E-state index contributed by atoms with van der Waals surface area (Å²) in [5, 5.41) is 45.0. The highest BCUT2D eigenvalue weighted by Gasteiger charge is 2.32. The molecule has 3 amide bonds. The topological polar surface area (TPSA) is 237 Å². The highest BCUT2D eigenvalue weighted by Crippen LogP contribution is 2.12. The maximum absolute atomic E-state index is 12.9. The van der Waals surface area contributed by atoms with E-state index in [1.807, 2.05) is 0 Å². The van der Waals surface area contributed by atoms with Gasteiger partial charge in [-0.3, -0.25) is 14.4 Å². The first kappa shape index (κ1) is 29.8. The molecule has 0 radical (unpaired) electrons. The second kappa shape index (κ2) is 14.9. The van der Waals surface area contributed by atoms with Crippen LogP contribution in [0.5, 0.6) is 5.75 Å². The molecule has 13 nitrogen and oxygen atoms in total. The molecule has 5 unspecified atom stereocenters. The second-order valence-corrected chi connectivity index (χ2v) is 8.13. The number of aliphatic hydroxyl groups is 2. The number of carbonyl (C=O) groups excluding carboxylic acids is 3. The number of aliphatic carboxylic acids is 1. The Morgan fingerprint density at radius 3 is 2.06 bits per heavy atom. The standard InChI is InChI=1S/C22H35N5O8/c1-12(29)18(27-19(31)15(24)11-28)21(33)25-16(4-2-3-9-23)20(32)26-17(22(34)35)10-13-5-7-14(30)8-6-13/h5-8,12,15-18,28-30H,2-4,9-11,23-24H2,1H3,(H,25,33)(H,26,32)(H,27,31)(H,34,35). The number of nitrogens with one attached hydrogen (secondary N) is 3. The smallest absolute Gasteiger partial charge is 0.326 e. The molecule has 0 aliphatic rings. The Kier molecular flexibility index (Phi) is 12.7. The van der Waals surface area contributed by atoms with Crippen molar-refractivity contribution < 1.29 is 39.6 Å². The van der Waals surface area contributed by atoms with Crippen LogP contribution in [-0.2, 0) is 25.6 Å². The number of phenolic OH excluding ortho intramolecular Hbond substituents is 1. The lowest BCUT2D eigenvalue weighted by molar-refractivity contribution is -0.142. The summed E-state index contributed by atoms with van der Waals surface area (Å²) in [6, 6.07) is 0.519. The number of nitrogens with two attached hydrogens (primary N) is 2. The normalized spacial score (nSPS) is 15.2. The van der Waals surface area contributed by atoms with Gasteiger partial charge in [0.05, 0.1) is 12.7 Å². The summed E-state index contributed by atoms with van der Waals surface area (Å²) in [7, 11) is 0. The molecule has 0 saturated carbocycles. The zero-order chi connectivity index (χ0) is 26.5. The van der Waals surface area contributed by atoms with Crippen LogP contribution in [0.15, 0.2) is 24.3 Å². The summed E-state index contributed by atoms with van der Waals surface area (Å²) in [5.74, 6) is -3.84. The quantitative estimate of drug-likeness (QED) is 0.114. The number of carbonyl (C=O) groups is 4. The van der Waals surface area contributed by atoms with Crippen LogP contribution < -0.4 is 27.4 Å². The molecule has 5 atom stereocenters. The third-order valence-electron chi connectivity index (χ3n) is 5.17. The molecule has 0 fully saturated rings. The van der Waals surface area contributed by atoms with Crippen molar-refractivity contribution in [2.45, 2.75) is 62.9 Å². The predicted octanol–water partition coefficient (Wildman–Crippen LogP) is -2.70. The molecule has 0 aromatic heterocycles. The summed E-state index contributed by atoms with van der Waals surface area (Å²) >= 11 is 0. The van der Waals surface area contributed by atoms with Crippen LogP contribution in [0.3, 0.4) is 0 Å². The van der Waals surface area contributed by atoms with E-state index in [9.17, 15) is 34.5 Å². The van der Waals surface area contributed by atoms with Crippen LogP contribution in [0.1, 0.15) is 31.7 Å². The van der Waals surface area contributed by atoms with Gasteiger partial charge in [0.2, 0.25) is 17.7 Å². The Balaban J connectivity index is 2.99. The van der Waals surface area contributed by atoms with Crippen LogP contribution in [0.2, 0.25) is 0 Å². The van der Waals surface area contributed by atoms with E-state index < -0.39 is 60.6 Å². The minimum Gasteiger partial charge on any atom is -0.508 e. The van der Waals surface area contributed by atoms with Gasteiger partial charge in [-0.25, -0.2) is 4.79 Å². The lowest BCUT2D eigenvalue weighted by Gasteiger charge is -2.26. The predicted molar refractivity (Wildman–Crippen MR) is 125 cm³/mol. The van der Waals surface area contributed by atoms with Crippen molar-refractivity contribution >= 4 is 23.7 Å². The Labute approximate surface area is 202 Å². The highest BCUT2D eigenvalue weighted by atomic mass is 16.4. The van der Waals surface area contributed by atoms with Gasteiger partial charge >= 0.3 is 5.97 Å². The molecular weight excluding hydrogens is 462 g/mol. The Morgan fingerprint density at radius 2 is 1.54 bits per heavy atom. The van der Waals surface area contributed by atoms with Gasteiger partial charge in [0.1, 0.15) is 29.9 Å². The third kappa shape index (κ3) is 10.3. The lowest BCUT2D eigenvalue weighted by Crippen LogP contribution is -2.60. The van der Waals surface area contributed by atoms with Crippen molar-refractivity contribution in [1.29, 1.82) is 0 Å². The summed E-state index contributed by atoms with van der Waals surface area (Å²) in [5.41, 5.74) is 11.5. The average Bonchev–Trinajstić information content (AvgIpc) is 2.81. The van der Waals surface area contributed by atoms with Gasteiger partial charge in [-0.15, -0.1) is 0 Å². The third-order valence-corrected chi connectivity index (χ3v) is 5.17. The fraction of sp³-hybridized carbons (Fsp3) is 0.545. The first-order chi connectivity index (χ1) is 16.5. The minimum absolute atomic E-state index is 0.00652. The van der Waals surface area contributed by atoms with E-state index in [1.165, 1.54) is 31.2 Å². The number of aromatic hydroxyl groups is 1. The highest BCUT2D eigenvalue weighted by molar-refractivity contribution is 5.94. The van der Waals surface area contributed by atoms with Crippen LogP contribution in [0.25, 0.3) is 0 Å². The van der Waals surface area contributed by atoms with Gasteiger partial charge in [-0.05, 0) is 50.4 Å². The number of hydrogen-bond donors (Lipinski definition) is 9. The molecule has 0 saturated heterocycles. The monoisotopic (exact) mass is 497 g/mol. The number of phenols is 1. The molecule has 1 aromatic carbocycles. The van der Waals surface area contributed by atoms with Gasteiger partial charge in [0.25, 0.3) is 0 Å². The number of carboxylic acids is 1. The summed E-state index contributed by atoms with van der Waals surface area (Å²) in [6.07, 6.45) is -0.338. The van der Waals surface area contributed by atoms with Crippen LogP contribution in [0, 0.1) is 0 Å². The van der Waals surface area contributed by atoms with Crippen molar-refractivity contribution in [3.63, 3.8) is 0 Å². The number of hydrogen-bond acceptors (Lipinski definition) is 9.